The maximum absolute atomic E-state index is 13.2. The van der Waals surface area contributed by atoms with Crippen LogP contribution in [0.25, 0.3) is 6.08 Å². The summed E-state index contributed by atoms with van der Waals surface area (Å²) in [6.07, 6.45) is 2.71. The van der Waals surface area contributed by atoms with E-state index in [1.54, 1.807) is 30.3 Å². The third-order valence-electron chi connectivity index (χ3n) is 6.55. The molecule has 0 radical (unpaired) electrons. The molecule has 6 heteroatoms. The average Bonchev–Trinajstić information content (AvgIpc) is 3.17. The van der Waals surface area contributed by atoms with E-state index in [0.29, 0.717) is 23.4 Å². The predicted octanol–water partition coefficient (Wildman–Crippen LogP) is 5.03. The number of aryl methyl sites for hydroxylation is 1. The summed E-state index contributed by atoms with van der Waals surface area (Å²) in [7, 11) is 0. The lowest BCUT2D eigenvalue weighted by molar-refractivity contribution is 0.101. The smallest absolute Gasteiger partial charge is 0.231 e. The molecule has 0 aromatic heterocycles. The van der Waals surface area contributed by atoms with Crippen LogP contribution in [-0.4, -0.2) is 42.0 Å². The SMILES string of the molecule is CCc1ccc(/C=C2/Oc3c(ccc(O)c3CN3CCN(c4ccc(F)cc4)CC3)C2=O)cc1. The highest BCUT2D eigenvalue weighted by Gasteiger charge is 2.32. The number of phenolic OH excluding ortho intramolecular Hbond substituents is 1. The predicted molar refractivity (Wildman–Crippen MR) is 131 cm³/mol. The Morgan fingerprint density at radius 3 is 2.35 bits per heavy atom. The Morgan fingerprint density at radius 2 is 1.68 bits per heavy atom. The van der Waals surface area contributed by atoms with Gasteiger partial charge in [-0.2, -0.15) is 0 Å². The Labute approximate surface area is 198 Å². The van der Waals surface area contributed by atoms with Gasteiger partial charge in [-0.25, -0.2) is 4.39 Å². The van der Waals surface area contributed by atoms with E-state index in [0.717, 1.165) is 43.9 Å². The van der Waals surface area contributed by atoms with Gasteiger partial charge in [0.2, 0.25) is 5.78 Å². The van der Waals surface area contributed by atoms with E-state index < -0.39 is 0 Å². The van der Waals surface area contributed by atoms with E-state index in [2.05, 4.69) is 16.7 Å². The van der Waals surface area contributed by atoms with Crippen molar-refractivity contribution < 1.29 is 19.0 Å². The molecule has 5 nitrogen and oxygen atoms in total. The zero-order chi connectivity index (χ0) is 23.7. The molecule has 2 heterocycles. The van der Waals surface area contributed by atoms with Crippen LogP contribution in [0.4, 0.5) is 10.1 Å². The first kappa shape index (κ1) is 22.2. The van der Waals surface area contributed by atoms with Crippen LogP contribution in [0, 0.1) is 5.82 Å². The van der Waals surface area contributed by atoms with E-state index in [4.69, 9.17) is 4.74 Å². The van der Waals surface area contributed by atoms with Gasteiger partial charge in [-0.3, -0.25) is 9.69 Å². The van der Waals surface area contributed by atoms with Crippen molar-refractivity contribution in [2.24, 2.45) is 0 Å². The highest BCUT2D eigenvalue weighted by Crippen LogP contribution is 2.40. The van der Waals surface area contributed by atoms with Crippen molar-refractivity contribution in [1.29, 1.82) is 0 Å². The van der Waals surface area contributed by atoms with Crippen LogP contribution in [0.2, 0.25) is 0 Å². The zero-order valence-corrected chi connectivity index (χ0v) is 19.1. The van der Waals surface area contributed by atoms with Crippen molar-refractivity contribution in [2.45, 2.75) is 19.9 Å². The standard InChI is InChI=1S/C28H27FN2O3/c1-2-19-3-5-20(6-4-19)17-26-27(33)23-11-12-25(32)24(28(23)34-26)18-30-13-15-31(16-14-30)22-9-7-21(29)8-10-22/h3-12,17,32H,2,13-16,18H2,1H3/b26-17+. The fraction of sp³-hybridized carbons (Fsp3) is 0.250. The van der Waals surface area contributed by atoms with E-state index in [1.807, 2.05) is 24.3 Å². The molecule has 2 aliphatic rings. The van der Waals surface area contributed by atoms with Gasteiger partial charge in [0, 0.05) is 38.4 Å². The number of halogens is 1. The van der Waals surface area contributed by atoms with E-state index in [1.165, 1.54) is 17.7 Å². The third kappa shape index (κ3) is 4.41. The minimum atomic E-state index is -0.239. The Balaban J connectivity index is 1.31. The molecule has 0 amide bonds. The Hall–Kier alpha value is -3.64. The summed E-state index contributed by atoms with van der Waals surface area (Å²) in [5.74, 6) is 0.435. The number of fused-ring (bicyclic) bond motifs is 1. The van der Waals surface area contributed by atoms with E-state index >= 15 is 0 Å². The molecule has 3 aromatic rings. The van der Waals surface area contributed by atoms with Gasteiger partial charge in [-0.15, -0.1) is 0 Å². The number of ketones is 1. The molecule has 1 saturated heterocycles. The molecule has 2 aliphatic heterocycles. The van der Waals surface area contributed by atoms with Crippen molar-refractivity contribution in [3.05, 3.63) is 94.5 Å². The Bertz CT molecular complexity index is 1230. The number of rotatable bonds is 5. The van der Waals surface area contributed by atoms with Gasteiger partial charge < -0.3 is 14.7 Å². The number of hydrogen-bond donors (Lipinski definition) is 1. The van der Waals surface area contributed by atoms with Gasteiger partial charge in [0.15, 0.2) is 5.76 Å². The first-order valence-electron chi connectivity index (χ1n) is 11.6. The van der Waals surface area contributed by atoms with Gasteiger partial charge in [-0.05, 0) is 60.0 Å². The van der Waals surface area contributed by atoms with Crippen LogP contribution in [0.3, 0.4) is 0 Å². The van der Waals surface area contributed by atoms with Crippen LogP contribution in [-0.2, 0) is 13.0 Å². The first-order chi connectivity index (χ1) is 16.5. The fourth-order valence-corrected chi connectivity index (χ4v) is 4.49. The minimum Gasteiger partial charge on any atom is -0.507 e. The average molecular weight is 459 g/mol. The molecule has 0 bridgehead atoms. The number of benzene rings is 3. The largest absolute Gasteiger partial charge is 0.507 e. The van der Waals surface area contributed by atoms with E-state index in [-0.39, 0.29) is 23.1 Å². The molecule has 0 unspecified atom stereocenters. The summed E-state index contributed by atoms with van der Waals surface area (Å²) in [5, 5.41) is 10.6. The normalized spacial score (nSPS) is 17.2. The third-order valence-corrected chi connectivity index (χ3v) is 6.55. The van der Waals surface area contributed by atoms with Crippen molar-refractivity contribution in [3.8, 4) is 11.5 Å². The molecule has 34 heavy (non-hydrogen) atoms. The fourth-order valence-electron chi connectivity index (χ4n) is 4.49. The molecule has 174 valence electrons. The topological polar surface area (TPSA) is 53.0 Å². The molecular weight excluding hydrogens is 431 g/mol. The lowest BCUT2D eigenvalue weighted by Crippen LogP contribution is -2.46. The maximum atomic E-state index is 13.2. The minimum absolute atomic E-state index is 0.126. The summed E-state index contributed by atoms with van der Waals surface area (Å²) in [5.41, 5.74) is 4.24. The number of allylic oxidation sites excluding steroid dienone is 1. The van der Waals surface area contributed by atoms with Gasteiger partial charge in [0.1, 0.15) is 17.3 Å². The van der Waals surface area contributed by atoms with Crippen LogP contribution in [0.1, 0.15) is 34.0 Å². The number of anilines is 1. The summed E-state index contributed by atoms with van der Waals surface area (Å²) in [4.78, 5) is 17.4. The monoisotopic (exact) mass is 458 g/mol. The molecule has 0 aliphatic carbocycles. The van der Waals surface area contributed by atoms with Gasteiger partial charge >= 0.3 is 0 Å². The van der Waals surface area contributed by atoms with Crippen LogP contribution >= 0.6 is 0 Å². The second kappa shape index (κ2) is 9.31. The number of carbonyl (C=O) groups is 1. The molecule has 0 spiro atoms. The Kier molecular flexibility index (Phi) is 6.07. The lowest BCUT2D eigenvalue weighted by atomic mass is 10.0. The number of ether oxygens (including phenoxy) is 1. The summed E-state index contributed by atoms with van der Waals surface area (Å²) in [6, 6.07) is 17.8. The summed E-state index contributed by atoms with van der Waals surface area (Å²) >= 11 is 0. The van der Waals surface area contributed by atoms with Crippen molar-refractivity contribution in [1.82, 2.24) is 4.90 Å². The second-order valence-corrected chi connectivity index (χ2v) is 8.71. The number of aromatic hydroxyl groups is 1. The van der Waals surface area contributed by atoms with Gasteiger partial charge in [0.05, 0.1) is 11.1 Å². The highest BCUT2D eigenvalue weighted by molar-refractivity contribution is 6.15. The van der Waals surface area contributed by atoms with Crippen LogP contribution in [0.5, 0.6) is 11.5 Å². The molecule has 1 fully saturated rings. The van der Waals surface area contributed by atoms with Crippen LogP contribution in [0.15, 0.2) is 66.4 Å². The molecule has 0 saturated carbocycles. The quantitative estimate of drug-likeness (QED) is 0.544. The number of phenols is 1. The number of piperazine rings is 1. The molecular formula is C28H27FN2O3. The van der Waals surface area contributed by atoms with Crippen LogP contribution < -0.4 is 9.64 Å². The van der Waals surface area contributed by atoms with Gasteiger partial charge in [-0.1, -0.05) is 31.2 Å². The molecule has 3 aromatic carbocycles. The second-order valence-electron chi connectivity index (χ2n) is 8.71. The van der Waals surface area contributed by atoms with Crippen molar-refractivity contribution in [3.63, 3.8) is 0 Å². The first-order valence-corrected chi connectivity index (χ1v) is 11.6. The van der Waals surface area contributed by atoms with Crippen molar-refractivity contribution >= 4 is 17.5 Å². The Morgan fingerprint density at radius 1 is 0.971 bits per heavy atom. The highest BCUT2D eigenvalue weighted by atomic mass is 19.1. The maximum Gasteiger partial charge on any atom is 0.231 e. The summed E-state index contributed by atoms with van der Waals surface area (Å²) < 4.78 is 19.2. The number of carbonyl (C=O) groups excluding carboxylic acids is 1. The van der Waals surface area contributed by atoms with Crippen molar-refractivity contribution in [2.75, 3.05) is 31.1 Å². The number of nitrogens with zero attached hydrogens (tertiary/aromatic N) is 2. The number of hydrogen-bond acceptors (Lipinski definition) is 5. The summed E-state index contributed by atoms with van der Waals surface area (Å²) in [6.45, 7) is 5.73. The van der Waals surface area contributed by atoms with E-state index in [9.17, 15) is 14.3 Å². The molecule has 0 atom stereocenters. The van der Waals surface area contributed by atoms with Gasteiger partial charge in [0.25, 0.3) is 0 Å². The lowest BCUT2D eigenvalue weighted by Gasteiger charge is -2.36. The zero-order valence-electron chi connectivity index (χ0n) is 19.1. The number of Topliss-reactive ketones (excluding diaryl/α,β-unsaturated/α-hetero) is 1. The molecule has 1 N–H and O–H groups in total. The molecule has 5 rings (SSSR count).